The van der Waals surface area contributed by atoms with Gasteiger partial charge in [0.15, 0.2) is 0 Å². The van der Waals surface area contributed by atoms with Crippen molar-refractivity contribution in [2.45, 2.75) is 25.5 Å². The van der Waals surface area contributed by atoms with Crippen molar-refractivity contribution >= 4 is 29.2 Å². The van der Waals surface area contributed by atoms with Gasteiger partial charge in [-0.25, -0.2) is 0 Å². The molecule has 7 heteroatoms. The number of aliphatic hydroxyl groups excluding tert-OH is 1. The number of aliphatic carboxylic acids is 1. The highest BCUT2D eigenvalue weighted by Crippen LogP contribution is 2.15. The Hall–Kier alpha value is -1.63. The minimum absolute atomic E-state index is 0.0986. The molecule has 110 valence electrons. The van der Waals surface area contributed by atoms with Crippen molar-refractivity contribution in [2.75, 3.05) is 11.9 Å². The summed E-state index contributed by atoms with van der Waals surface area (Å²) >= 11 is 5.78. The zero-order chi connectivity index (χ0) is 15.1. The van der Waals surface area contributed by atoms with Crippen molar-refractivity contribution in [3.63, 3.8) is 0 Å². The van der Waals surface area contributed by atoms with Gasteiger partial charge in [0, 0.05) is 17.3 Å². The summed E-state index contributed by atoms with van der Waals surface area (Å²) in [6.07, 6.45) is -0.929. The van der Waals surface area contributed by atoms with Crippen molar-refractivity contribution in [3.8, 4) is 0 Å². The summed E-state index contributed by atoms with van der Waals surface area (Å²) in [4.78, 5) is 22.8. The van der Waals surface area contributed by atoms with Crippen LogP contribution in [0.25, 0.3) is 0 Å². The monoisotopic (exact) mass is 300 g/mol. The molecule has 0 bridgehead atoms. The minimum Gasteiger partial charge on any atom is -0.480 e. The number of carboxylic acid groups (broad SMARTS) is 1. The molecule has 0 radical (unpaired) electrons. The summed E-state index contributed by atoms with van der Waals surface area (Å²) in [7, 11) is 0. The molecule has 0 saturated carbocycles. The fourth-order valence-corrected chi connectivity index (χ4v) is 1.71. The number of hydrogen-bond donors (Lipinski definition) is 4. The van der Waals surface area contributed by atoms with E-state index in [1.807, 2.05) is 0 Å². The van der Waals surface area contributed by atoms with Gasteiger partial charge in [0.2, 0.25) is 5.91 Å². The lowest BCUT2D eigenvalue weighted by molar-refractivity contribution is -0.141. The van der Waals surface area contributed by atoms with E-state index in [1.165, 1.54) is 6.92 Å². The van der Waals surface area contributed by atoms with Gasteiger partial charge in [0.1, 0.15) is 6.04 Å². The smallest absolute Gasteiger partial charge is 0.321 e. The maximum absolute atomic E-state index is 11.8. The Kier molecular flexibility index (Phi) is 6.44. The van der Waals surface area contributed by atoms with Gasteiger partial charge in [-0.3, -0.25) is 9.59 Å². The minimum atomic E-state index is -1.15. The van der Waals surface area contributed by atoms with Crippen molar-refractivity contribution in [3.05, 3.63) is 29.3 Å². The number of nitrogens with one attached hydrogen (secondary N) is 2. The maximum atomic E-state index is 11.8. The van der Waals surface area contributed by atoms with E-state index in [0.717, 1.165) is 0 Å². The van der Waals surface area contributed by atoms with Gasteiger partial charge in [0.05, 0.1) is 12.5 Å². The first-order valence-electron chi connectivity index (χ1n) is 6.08. The Bertz CT molecular complexity index is 479. The van der Waals surface area contributed by atoms with Crippen LogP contribution in [0, 0.1) is 0 Å². The van der Waals surface area contributed by atoms with E-state index in [-0.39, 0.29) is 13.0 Å². The van der Waals surface area contributed by atoms with Crippen LogP contribution in [-0.2, 0) is 9.59 Å². The number of rotatable bonds is 7. The molecule has 0 aliphatic heterocycles. The lowest BCUT2D eigenvalue weighted by Crippen LogP contribution is -2.42. The zero-order valence-corrected chi connectivity index (χ0v) is 11.7. The Balaban J connectivity index is 2.55. The second-order valence-corrected chi connectivity index (χ2v) is 4.85. The number of halogens is 1. The van der Waals surface area contributed by atoms with E-state index in [0.29, 0.717) is 10.7 Å². The molecule has 0 aliphatic carbocycles. The summed E-state index contributed by atoms with van der Waals surface area (Å²) in [5.41, 5.74) is 0.502. The number of carbonyl (C=O) groups excluding carboxylic acids is 1. The SMILES string of the molecule is CC(O)CN[C@@H](CC(=O)Nc1cccc(Cl)c1)C(=O)O. The average Bonchev–Trinajstić information content (AvgIpc) is 2.33. The summed E-state index contributed by atoms with van der Waals surface area (Å²) in [6, 6.07) is 5.52. The standard InChI is InChI=1S/C13H17ClN2O4/c1-8(17)7-15-11(13(19)20)6-12(18)16-10-4-2-3-9(14)5-10/h2-5,8,11,15,17H,6-7H2,1H3,(H,16,18)(H,19,20)/t8?,11-/m0/s1. The molecule has 0 saturated heterocycles. The number of benzene rings is 1. The van der Waals surface area contributed by atoms with Crippen LogP contribution >= 0.6 is 11.6 Å². The van der Waals surface area contributed by atoms with E-state index in [4.69, 9.17) is 21.8 Å². The van der Waals surface area contributed by atoms with Crippen LogP contribution in [-0.4, -0.2) is 40.8 Å². The lowest BCUT2D eigenvalue weighted by atomic mass is 10.2. The third-order valence-corrected chi connectivity index (χ3v) is 2.69. The van der Waals surface area contributed by atoms with Crippen molar-refractivity contribution in [1.29, 1.82) is 0 Å². The van der Waals surface area contributed by atoms with Gasteiger partial charge in [0.25, 0.3) is 0 Å². The maximum Gasteiger partial charge on any atom is 0.321 e. The second kappa shape index (κ2) is 7.84. The molecule has 1 unspecified atom stereocenters. The van der Waals surface area contributed by atoms with E-state index in [1.54, 1.807) is 24.3 Å². The number of carbonyl (C=O) groups is 2. The number of carboxylic acids is 1. The normalized spacial score (nSPS) is 13.6. The lowest BCUT2D eigenvalue weighted by Gasteiger charge is -2.15. The average molecular weight is 301 g/mol. The van der Waals surface area contributed by atoms with Gasteiger partial charge < -0.3 is 20.8 Å². The molecule has 0 aliphatic rings. The van der Waals surface area contributed by atoms with Gasteiger partial charge in [-0.15, -0.1) is 0 Å². The largest absolute Gasteiger partial charge is 0.480 e. The molecule has 2 atom stereocenters. The van der Waals surface area contributed by atoms with Crippen LogP contribution in [0.4, 0.5) is 5.69 Å². The Morgan fingerprint density at radius 1 is 1.40 bits per heavy atom. The summed E-state index contributed by atoms with van der Waals surface area (Å²) in [6.45, 7) is 1.62. The molecule has 0 heterocycles. The fourth-order valence-electron chi connectivity index (χ4n) is 1.52. The quantitative estimate of drug-likeness (QED) is 0.604. The van der Waals surface area contributed by atoms with E-state index >= 15 is 0 Å². The summed E-state index contributed by atoms with van der Waals surface area (Å²) < 4.78 is 0. The molecular formula is C13H17ClN2O4. The van der Waals surface area contributed by atoms with Crippen LogP contribution in [0.15, 0.2) is 24.3 Å². The van der Waals surface area contributed by atoms with Crippen LogP contribution in [0.2, 0.25) is 5.02 Å². The first kappa shape index (κ1) is 16.4. The van der Waals surface area contributed by atoms with Crippen LogP contribution in [0.1, 0.15) is 13.3 Å². The van der Waals surface area contributed by atoms with Gasteiger partial charge in [-0.05, 0) is 25.1 Å². The highest BCUT2D eigenvalue weighted by molar-refractivity contribution is 6.30. The fraction of sp³-hybridized carbons (Fsp3) is 0.385. The zero-order valence-electron chi connectivity index (χ0n) is 11.0. The number of aliphatic hydroxyl groups is 1. The molecule has 4 N–H and O–H groups in total. The van der Waals surface area contributed by atoms with Crippen LogP contribution in [0.5, 0.6) is 0 Å². The number of anilines is 1. The van der Waals surface area contributed by atoms with Crippen molar-refractivity contribution in [2.24, 2.45) is 0 Å². The van der Waals surface area contributed by atoms with Crippen LogP contribution in [0.3, 0.4) is 0 Å². The summed E-state index contributed by atoms with van der Waals surface area (Å²) in [5.74, 6) is -1.59. The number of amides is 1. The topological polar surface area (TPSA) is 98.7 Å². The van der Waals surface area contributed by atoms with Gasteiger partial charge in [-0.2, -0.15) is 0 Å². The van der Waals surface area contributed by atoms with E-state index < -0.39 is 24.0 Å². The Morgan fingerprint density at radius 3 is 2.65 bits per heavy atom. The molecule has 0 spiro atoms. The molecule has 0 aromatic heterocycles. The van der Waals surface area contributed by atoms with Crippen molar-refractivity contribution in [1.82, 2.24) is 5.32 Å². The number of hydrogen-bond acceptors (Lipinski definition) is 4. The van der Waals surface area contributed by atoms with Gasteiger partial charge >= 0.3 is 5.97 Å². The van der Waals surface area contributed by atoms with Gasteiger partial charge in [-0.1, -0.05) is 17.7 Å². The third-order valence-electron chi connectivity index (χ3n) is 2.46. The Morgan fingerprint density at radius 2 is 2.10 bits per heavy atom. The van der Waals surface area contributed by atoms with Crippen LogP contribution < -0.4 is 10.6 Å². The predicted molar refractivity (Wildman–Crippen MR) is 75.8 cm³/mol. The first-order chi connectivity index (χ1) is 9.38. The first-order valence-corrected chi connectivity index (χ1v) is 6.46. The second-order valence-electron chi connectivity index (χ2n) is 4.41. The highest BCUT2D eigenvalue weighted by atomic mass is 35.5. The van der Waals surface area contributed by atoms with E-state index in [9.17, 15) is 9.59 Å². The summed E-state index contributed by atoms with van der Waals surface area (Å²) in [5, 5.41) is 23.8. The molecule has 0 fully saturated rings. The molecule has 20 heavy (non-hydrogen) atoms. The third kappa shape index (κ3) is 6.01. The molecule has 6 nitrogen and oxygen atoms in total. The Labute approximate surface area is 121 Å². The van der Waals surface area contributed by atoms with Crippen molar-refractivity contribution < 1.29 is 19.8 Å². The highest BCUT2D eigenvalue weighted by Gasteiger charge is 2.21. The van der Waals surface area contributed by atoms with E-state index in [2.05, 4.69) is 10.6 Å². The molecule has 1 rings (SSSR count). The predicted octanol–water partition coefficient (Wildman–Crippen LogP) is 1.09. The molecular weight excluding hydrogens is 284 g/mol. The molecule has 1 aromatic rings. The molecule has 1 aromatic carbocycles. The molecule has 1 amide bonds.